The average molecular weight is 189 g/mol. The van der Waals surface area contributed by atoms with Crippen molar-refractivity contribution in [3.05, 3.63) is 23.8 Å². The lowest BCUT2D eigenvalue weighted by molar-refractivity contribution is 0.301. The van der Waals surface area contributed by atoms with Crippen LogP contribution in [0.5, 0.6) is 5.75 Å². The van der Waals surface area contributed by atoms with E-state index in [2.05, 4.69) is 23.5 Å². The molecule has 1 aliphatic heterocycles. The van der Waals surface area contributed by atoms with Crippen molar-refractivity contribution >= 4 is 5.69 Å². The summed E-state index contributed by atoms with van der Waals surface area (Å²) < 4.78 is 5.81. The van der Waals surface area contributed by atoms with Gasteiger partial charge in [0, 0.05) is 6.54 Å². The molecule has 1 N–H and O–H groups in total. The van der Waals surface area contributed by atoms with Gasteiger partial charge >= 0.3 is 0 Å². The molecule has 0 amide bonds. The van der Waals surface area contributed by atoms with Gasteiger partial charge in [0.15, 0.2) is 0 Å². The number of fused-ring (bicyclic) bond motifs is 1. The highest BCUT2D eigenvalue weighted by molar-refractivity contribution is 5.65. The Balaban J connectivity index is 1.78. The van der Waals surface area contributed by atoms with Gasteiger partial charge in [0.25, 0.3) is 0 Å². The van der Waals surface area contributed by atoms with Crippen molar-refractivity contribution < 1.29 is 4.74 Å². The molecule has 3 rings (SSSR count). The number of hydrogen-bond donors (Lipinski definition) is 1. The largest absolute Gasteiger partial charge is 0.491 e. The second-order valence-electron chi connectivity index (χ2n) is 4.22. The van der Waals surface area contributed by atoms with E-state index in [9.17, 15) is 0 Å². The first-order valence-electron chi connectivity index (χ1n) is 5.42. The SMILES string of the molecule is c1cc2c(c(OCC3CC3)c1)NCC2. The second kappa shape index (κ2) is 3.19. The van der Waals surface area contributed by atoms with Crippen molar-refractivity contribution in [3.8, 4) is 5.75 Å². The van der Waals surface area contributed by atoms with Crippen LogP contribution in [0.25, 0.3) is 0 Å². The fraction of sp³-hybridized carbons (Fsp3) is 0.500. The van der Waals surface area contributed by atoms with Crippen LogP contribution in [-0.2, 0) is 6.42 Å². The molecule has 1 aromatic rings. The maximum Gasteiger partial charge on any atom is 0.142 e. The maximum atomic E-state index is 5.81. The summed E-state index contributed by atoms with van der Waals surface area (Å²) in [5.41, 5.74) is 2.63. The minimum absolute atomic E-state index is 0.826. The average Bonchev–Trinajstić information content (AvgIpc) is 2.91. The van der Waals surface area contributed by atoms with E-state index in [1.54, 1.807) is 0 Å². The van der Waals surface area contributed by atoms with Crippen molar-refractivity contribution in [2.24, 2.45) is 5.92 Å². The molecule has 0 unspecified atom stereocenters. The highest BCUT2D eigenvalue weighted by Gasteiger charge is 2.23. The Morgan fingerprint density at radius 3 is 3.14 bits per heavy atom. The number of anilines is 1. The third-order valence-electron chi connectivity index (χ3n) is 2.98. The molecule has 14 heavy (non-hydrogen) atoms. The predicted molar refractivity (Wildman–Crippen MR) is 56.9 cm³/mol. The van der Waals surface area contributed by atoms with Crippen LogP contribution in [0.15, 0.2) is 18.2 Å². The van der Waals surface area contributed by atoms with Crippen molar-refractivity contribution in [2.75, 3.05) is 18.5 Å². The Morgan fingerprint density at radius 1 is 1.36 bits per heavy atom. The van der Waals surface area contributed by atoms with Gasteiger partial charge in [0.2, 0.25) is 0 Å². The molecule has 1 fully saturated rings. The minimum Gasteiger partial charge on any atom is -0.491 e. The van der Waals surface area contributed by atoms with E-state index in [-0.39, 0.29) is 0 Å². The van der Waals surface area contributed by atoms with Gasteiger partial charge in [0.05, 0.1) is 12.3 Å². The second-order valence-corrected chi connectivity index (χ2v) is 4.22. The quantitative estimate of drug-likeness (QED) is 0.788. The molecule has 1 aromatic carbocycles. The van der Waals surface area contributed by atoms with E-state index >= 15 is 0 Å². The molecule has 2 heteroatoms. The van der Waals surface area contributed by atoms with Crippen molar-refractivity contribution in [1.82, 2.24) is 0 Å². The van der Waals surface area contributed by atoms with Crippen LogP contribution in [-0.4, -0.2) is 13.2 Å². The first-order chi connectivity index (χ1) is 6.93. The summed E-state index contributed by atoms with van der Waals surface area (Å²) >= 11 is 0. The van der Waals surface area contributed by atoms with E-state index in [0.717, 1.165) is 31.2 Å². The summed E-state index contributed by atoms with van der Waals surface area (Å²) in [6.45, 7) is 1.96. The van der Waals surface area contributed by atoms with E-state index in [1.165, 1.54) is 24.1 Å². The Kier molecular flexibility index (Phi) is 1.86. The van der Waals surface area contributed by atoms with E-state index in [0.29, 0.717) is 0 Å². The molecule has 1 aliphatic carbocycles. The zero-order valence-electron chi connectivity index (χ0n) is 8.25. The normalized spacial score (nSPS) is 18.9. The summed E-state index contributed by atoms with van der Waals surface area (Å²) in [7, 11) is 0. The smallest absolute Gasteiger partial charge is 0.142 e. The molecular weight excluding hydrogens is 174 g/mol. The Hall–Kier alpha value is -1.18. The minimum atomic E-state index is 0.826. The highest BCUT2D eigenvalue weighted by atomic mass is 16.5. The highest BCUT2D eigenvalue weighted by Crippen LogP contribution is 2.35. The summed E-state index contributed by atoms with van der Waals surface area (Å²) in [6, 6.07) is 6.34. The molecule has 2 aliphatic rings. The molecule has 0 saturated heterocycles. The lowest BCUT2D eigenvalue weighted by atomic mass is 10.1. The zero-order chi connectivity index (χ0) is 9.38. The summed E-state index contributed by atoms with van der Waals surface area (Å²) in [4.78, 5) is 0. The van der Waals surface area contributed by atoms with Gasteiger partial charge in [-0.1, -0.05) is 12.1 Å². The Labute approximate surface area is 84.3 Å². The molecule has 0 radical (unpaired) electrons. The number of nitrogens with one attached hydrogen (secondary N) is 1. The molecule has 1 saturated carbocycles. The lowest BCUT2D eigenvalue weighted by Crippen LogP contribution is -2.01. The van der Waals surface area contributed by atoms with Gasteiger partial charge < -0.3 is 10.1 Å². The van der Waals surface area contributed by atoms with Crippen LogP contribution in [0.4, 0.5) is 5.69 Å². The third-order valence-corrected chi connectivity index (χ3v) is 2.98. The molecule has 0 aromatic heterocycles. The first kappa shape index (κ1) is 8.16. The molecular formula is C12H15NO. The van der Waals surface area contributed by atoms with Crippen LogP contribution in [0.1, 0.15) is 18.4 Å². The summed E-state index contributed by atoms with van der Waals surface area (Å²) in [6.07, 6.45) is 3.83. The Bertz CT molecular complexity index is 344. The molecule has 0 atom stereocenters. The van der Waals surface area contributed by atoms with Gasteiger partial charge in [-0.2, -0.15) is 0 Å². The van der Waals surface area contributed by atoms with Crippen LogP contribution >= 0.6 is 0 Å². The summed E-state index contributed by atoms with van der Waals surface area (Å²) in [5, 5.41) is 3.39. The molecule has 1 heterocycles. The van der Waals surface area contributed by atoms with Gasteiger partial charge in [-0.15, -0.1) is 0 Å². The maximum absolute atomic E-state index is 5.81. The van der Waals surface area contributed by atoms with Crippen molar-refractivity contribution in [1.29, 1.82) is 0 Å². The van der Waals surface area contributed by atoms with Crippen molar-refractivity contribution in [2.45, 2.75) is 19.3 Å². The summed E-state index contributed by atoms with van der Waals surface area (Å²) in [5.74, 6) is 1.87. The molecule has 74 valence electrons. The zero-order valence-corrected chi connectivity index (χ0v) is 8.25. The van der Waals surface area contributed by atoms with E-state index < -0.39 is 0 Å². The third kappa shape index (κ3) is 1.45. The standard InChI is InChI=1S/C12H15NO/c1-2-10-6-7-13-12(10)11(3-1)14-8-9-4-5-9/h1-3,9,13H,4-8H2. The monoisotopic (exact) mass is 189 g/mol. The molecule has 2 nitrogen and oxygen atoms in total. The number of ether oxygens (including phenoxy) is 1. The number of benzene rings is 1. The van der Waals surface area contributed by atoms with Crippen LogP contribution in [0.2, 0.25) is 0 Å². The van der Waals surface area contributed by atoms with Gasteiger partial charge in [0.1, 0.15) is 5.75 Å². The fourth-order valence-electron chi connectivity index (χ4n) is 1.92. The van der Waals surface area contributed by atoms with E-state index in [4.69, 9.17) is 4.74 Å². The van der Waals surface area contributed by atoms with Crippen LogP contribution < -0.4 is 10.1 Å². The number of rotatable bonds is 3. The molecule has 0 bridgehead atoms. The van der Waals surface area contributed by atoms with Gasteiger partial charge in [-0.05, 0) is 36.8 Å². The van der Waals surface area contributed by atoms with Crippen LogP contribution in [0.3, 0.4) is 0 Å². The lowest BCUT2D eigenvalue weighted by Gasteiger charge is -2.10. The van der Waals surface area contributed by atoms with Crippen molar-refractivity contribution in [3.63, 3.8) is 0 Å². The van der Waals surface area contributed by atoms with E-state index in [1.807, 2.05) is 0 Å². The van der Waals surface area contributed by atoms with Crippen LogP contribution in [0, 0.1) is 5.92 Å². The first-order valence-corrected chi connectivity index (χ1v) is 5.42. The van der Waals surface area contributed by atoms with Gasteiger partial charge in [-0.25, -0.2) is 0 Å². The van der Waals surface area contributed by atoms with Gasteiger partial charge in [-0.3, -0.25) is 0 Å². The number of para-hydroxylation sites is 1. The Morgan fingerprint density at radius 2 is 2.29 bits per heavy atom. The fourth-order valence-corrected chi connectivity index (χ4v) is 1.92. The number of hydrogen-bond acceptors (Lipinski definition) is 2. The molecule has 0 spiro atoms. The topological polar surface area (TPSA) is 21.3 Å². The predicted octanol–water partition coefficient (Wildman–Crippen LogP) is 2.44.